The highest BCUT2D eigenvalue weighted by atomic mass is 79.9. The maximum atomic E-state index is 10.4. The molecule has 0 fully saturated rings. The summed E-state index contributed by atoms with van der Waals surface area (Å²) < 4.78 is 56.6. The van der Waals surface area contributed by atoms with E-state index in [1.165, 1.54) is 38.1 Å². The van der Waals surface area contributed by atoms with E-state index in [2.05, 4.69) is 76.1 Å². The van der Waals surface area contributed by atoms with Crippen molar-refractivity contribution in [2.75, 3.05) is 40.8 Å². The molecular weight excluding hydrogens is 673 g/mol. The summed E-state index contributed by atoms with van der Waals surface area (Å²) in [5.74, 6) is 0. The molecule has 0 saturated carbocycles. The summed E-state index contributed by atoms with van der Waals surface area (Å²) in [6.45, 7) is 9.00. The fraction of sp³-hybridized carbons (Fsp3) is 0.565. The lowest BCUT2D eigenvalue weighted by molar-refractivity contribution is 0.0969. The first kappa shape index (κ1) is 32.5. The zero-order chi connectivity index (χ0) is 29.0. The van der Waals surface area contributed by atoms with Crippen LogP contribution in [0.4, 0.5) is 4.39 Å². The summed E-state index contributed by atoms with van der Waals surface area (Å²) >= 11 is 10.5. The summed E-state index contributed by atoms with van der Waals surface area (Å²) in [6.07, 6.45) is 1.64. The van der Waals surface area contributed by atoms with Gasteiger partial charge < -0.3 is 14.0 Å². The molecule has 3 heterocycles. The second kappa shape index (κ2) is 16.4. The Morgan fingerprint density at radius 2 is 1.76 bits per heavy atom. The van der Waals surface area contributed by atoms with Crippen LogP contribution in [0.2, 0.25) is 0 Å². The van der Waals surface area contributed by atoms with Crippen LogP contribution in [0.25, 0.3) is 14.8 Å². The van der Waals surface area contributed by atoms with Gasteiger partial charge in [0, 0.05) is 30.8 Å². The highest BCUT2D eigenvalue weighted by Crippen LogP contribution is 2.38. The Bertz CT molecular complexity index is 1280. The number of aromatic nitrogens is 3. The van der Waals surface area contributed by atoms with Crippen LogP contribution in [-0.2, 0) is 30.2 Å². The van der Waals surface area contributed by atoms with Gasteiger partial charge in [-0.25, -0.2) is 9.97 Å². The zero-order valence-electron chi connectivity index (χ0n) is 22.9. The number of nitrogens with zero attached hydrogens (tertiary/aromatic N) is 3. The van der Waals surface area contributed by atoms with Gasteiger partial charge in [0.2, 0.25) is 0 Å². The largest absolute Gasteiger partial charge is 0.383 e. The molecule has 0 amide bonds. The Kier molecular flexibility index (Phi) is 14.4. The third-order valence-electron chi connectivity index (χ3n) is 4.89. The molecule has 0 radical (unpaired) electrons. The zero-order valence-corrected chi connectivity index (χ0v) is 27.5. The highest BCUT2D eigenvalue weighted by Gasteiger charge is 2.19. The molecule has 8 nitrogen and oxygen atoms in total. The summed E-state index contributed by atoms with van der Waals surface area (Å²) in [7, 11) is -1.11. The molecule has 2 atom stereocenters. The summed E-state index contributed by atoms with van der Waals surface area (Å²) in [5.41, 5.74) is 8.68. The molecular formula is C23H34Br2FN3O5S3. The first-order chi connectivity index (χ1) is 17.8. The van der Waals surface area contributed by atoms with Crippen LogP contribution in [0, 0.1) is 6.92 Å². The van der Waals surface area contributed by atoms with Gasteiger partial charge in [-0.1, -0.05) is 5.57 Å². The van der Waals surface area contributed by atoms with Gasteiger partial charge >= 0.3 is 0 Å². The second-order valence-corrected chi connectivity index (χ2v) is 12.9. The van der Waals surface area contributed by atoms with Crippen molar-refractivity contribution in [3.05, 3.63) is 37.3 Å². The average Bonchev–Trinajstić information content (AvgIpc) is 3.57. The number of alkyl halides is 1. The molecule has 210 valence electrons. The molecule has 14 heteroatoms. The lowest BCUT2D eigenvalue weighted by atomic mass is 10.3. The first-order valence-electron chi connectivity index (χ1n) is 11.6. The van der Waals surface area contributed by atoms with E-state index in [0.717, 1.165) is 22.8 Å². The van der Waals surface area contributed by atoms with E-state index in [1.807, 2.05) is 11.0 Å². The number of thiazole rings is 2. The standard InChI is InChI=1S/C10H13BrN2OS.C7H6BrNS.C5H12O4S.CH3F/c1-6(4-14-3)13-7(2)8(11)9-10(13)12-5-15-9;1-4-2-5-7(6(4)8)10-3-9-5;1-5(4-8-2)9-10(3,6)7;1-2/h5-6H,4H2,1-3H3;3H,2H2,1H3;5H,4H2,1-3H3;1H3/i;;;1D. The molecule has 0 bridgehead atoms. The number of ether oxygens (including phenoxy) is 2. The van der Waals surface area contributed by atoms with Crippen LogP contribution >= 0.6 is 54.5 Å². The number of halogens is 3. The highest BCUT2D eigenvalue weighted by molar-refractivity contribution is 9.15. The summed E-state index contributed by atoms with van der Waals surface area (Å²) in [5, 5.41) is 0. The number of hydrogen-bond donors (Lipinski definition) is 0. The van der Waals surface area contributed by atoms with Crippen LogP contribution < -0.4 is 0 Å². The number of fused-ring (bicyclic) bond motifs is 2. The topological polar surface area (TPSA) is 92.5 Å². The molecule has 0 N–H and O–H groups in total. The predicted octanol–water partition coefficient (Wildman–Crippen LogP) is 6.78. The van der Waals surface area contributed by atoms with E-state index >= 15 is 0 Å². The minimum Gasteiger partial charge on any atom is -0.383 e. The average molecular weight is 709 g/mol. The summed E-state index contributed by atoms with van der Waals surface area (Å²) in [6, 6.07) is 0.311. The first-order valence-corrected chi connectivity index (χ1v) is 16.1. The van der Waals surface area contributed by atoms with Crippen molar-refractivity contribution in [3.8, 4) is 0 Å². The van der Waals surface area contributed by atoms with Crippen molar-refractivity contribution in [3.63, 3.8) is 0 Å². The molecule has 2 unspecified atom stereocenters. The lowest BCUT2D eigenvalue weighted by Crippen LogP contribution is -2.18. The van der Waals surface area contributed by atoms with Gasteiger partial charge in [0.05, 0.1) is 70.9 Å². The van der Waals surface area contributed by atoms with Gasteiger partial charge in [0.15, 0.2) is 5.65 Å². The lowest BCUT2D eigenvalue weighted by Gasteiger charge is -2.15. The van der Waals surface area contributed by atoms with Gasteiger partial charge in [0.25, 0.3) is 10.1 Å². The maximum Gasteiger partial charge on any atom is 0.264 e. The van der Waals surface area contributed by atoms with E-state index in [9.17, 15) is 12.8 Å². The number of allylic oxidation sites excluding steroid dienone is 1. The fourth-order valence-corrected chi connectivity index (χ4v) is 7.04. The molecule has 3 aromatic heterocycles. The van der Waals surface area contributed by atoms with Crippen molar-refractivity contribution in [1.29, 1.82) is 0 Å². The number of methoxy groups -OCH3 is 2. The quantitative estimate of drug-likeness (QED) is 0.250. The van der Waals surface area contributed by atoms with E-state index in [1.54, 1.807) is 36.7 Å². The van der Waals surface area contributed by atoms with Gasteiger partial charge in [0.1, 0.15) is 0 Å². The SMILES string of the molecule is CC1=C(Br)c2scnc2C1.COCC(C)OS(C)(=O)=O.COCC(C)n1c(C)c(Br)c2scnc21.[2H]CF. The monoisotopic (exact) mass is 706 g/mol. The molecule has 0 spiro atoms. The minimum atomic E-state index is -3.33. The smallest absolute Gasteiger partial charge is 0.264 e. The van der Waals surface area contributed by atoms with Crippen molar-refractivity contribution < 1.29 is 27.8 Å². The molecule has 0 saturated heterocycles. The number of hydrogen-bond acceptors (Lipinski definition) is 9. The Labute approximate surface area is 245 Å². The molecule has 1 aliphatic rings. The minimum absolute atomic E-state index is 0.285. The molecule has 3 aromatic rings. The predicted molar refractivity (Wildman–Crippen MR) is 158 cm³/mol. The molecule has 37 heavy (non-hydrogen) atoms. The Morgan fingerprint density at radius 3 is 2.30 bits per heavy atom. The third-order valence-corrected chi connectivity index (χ3v) is 9.86. The van der Waals surface area contributed by atoms with Crippen molar-refractivity contribution in [2.45, 2.75) is 46.3 Å². The van der Waals surface area contributed by atoms with Crippen LogP contribution in [-0.4, -0.2) is 69.9 Å². The van der Waals surface area contributed by atoms with Gasteiger partial charge in [-0.2, -0.15) is 8.42 Å². The van der Waals surface area contributed by atoms with Crippen LogP contribution in [0.15, 0.2) is 21.1 Å². The van der Waals surface area contributed by atoms with Gasteiger partial charge in [-0.15, -0.1) is 22.7 Å². The Balaban J connectivity index is 0.000000279. The van der Waals surface area contributed by atoms with Gasteiger partial charge in [-0.3, -0.25) is 8.57 Å². The van der Waals surface area contributed by atoms with E-state index in [-0.39, 0.29) is 6.61 Å². The second-order valence-electron chi connectivity index (χ2n) is 8.04. The van der Waals surface area contributed by atoms with Gasteiger partial charge in [-0.05, 0) is 59.6 Å². The van der Waals surface area contributed by atoms with Crippen molar-refractivity contribution >= 4 is 79.5 Å². The van der Waals surface area contributed by atoms with Crippen LogP contribution in [0.1, 0.15) is 44.4 Å². The third kappa shape index (κ3) is 10.1. The van der Waals surface area contributed by atoms with E-state index < -0.39 is 23.4 Å². The van der Waals surface area contributed by atoms with Crippen molar-refractivity contribution in [2.24, 2.45) is 0 Å². The van der Waals surface area contributed by atoms with E-state index in [4.69, 9.17) is 6.11 Å². The Hall–Kier alpha value is -0.740. The molecule has 0 aliphatic heterocycles. The Morgan fingerprint density at radius 1 is 1.16 bits per heavy atom. The fourth-order valence-electron chi connectivity index (χ4n) is 3.50. The molecule has 1 aliphatic carbocycles. The van der Waals surface area contributed by atoms with Crippen LogP contribution in [0.5, 0.6) is 0 Å². The van der Waals surface area contributed by atoms with Crippen LogP contribution in [0.3, 0.4) is 0 Å². The maximum absolute atomic E-state index is 10.4. The van der Waals surface area contributed by atoms with Crippen molar-refractivity contribution in [1.82, 2.24) is 14.5 Å². The van der Waals surface area contributed by atoms with E-state index in [0.29, 0.717) is 12.6 Å². The number of rotatable bonds is 7. The normalized spacial score (nSPS) is 14.5. The molecule has 4 rings (SSSR count). The summed E-state index contributed by atoms with van der Waals surface area (Å²) in [4.78, 5) is 9.96. The molecule has 0 aromatic carbocycles.